The molecular formula is C89H142N24O23. The Morgan fingerprint density at radius 2 is 0.471 bits per heavy atom. The number of nitrogens with zero attached hydrogens (tertiary/aromatic N) is 23. The number of rotatable bonds is 73. The summed E-state index contributed by atoms with van der Waals surface area (Å²) < 4.78 is 31.4. The molecule has 4 rings (SSSR count). The van der Waals surface area contributed by atoms with Gasteiger partial charge in [0.2, 0.25) is 70.9 Å². The standard InChI is InChI=1S/C89H142N24O23/c1-66(114)26-30-70-47-110(95-91-70)39-19-16-23-74(118)51-99(5)82(126)55-103(9)78(122)34-43-133-62-89(63-134-44-35-79(123)104(10)56-83(127)100(6)52-75(119)24-17-20-40-111-48-71(92-96-111)31-27-67(2)115,64-135-45-36-80(124)105(11)57-85(129)102(8)54-77(121)90-38-22-42-113-50-73(94-98-113)33-29-69(4)117)65-136-46-37-81(125)106(12)58-86(130)108(14)60-88(132)109(15)61-87(131)107(13)59-84(128)101(7)53-76(120)25-18-21-41-112-49-72(93-97-112)32-28-68(3)116/h47-50H,16-46,51-65H2,1-15H3,(H,90,121). The second-order valence-electron chi connectivity index (χ2n) is 34.8. The lowest BCUT2D eigenvalue weighted by atomic mass is 9.92. The van der Waals surface area contributed by atoms with Gasteiger partial charge in [0.05, 0.1) is 179 Å². The van der Waals surface area contributed by atoms with Gasteiger partial charge in [-0.05, 0) is 98.3 Å². The Bertz CT molecular complexity index is 4300. The number of Topliss-reactive ketones (excluding diaryl/α,β-unsaturated/α-hetero) is 7. The summed E-state index contributed by atoms with van der Waals surface area (Å²) in [6.07, 6.45) is 13.5. The molecule has 0 aliphatic rings. The molecule has 47 nitrogen and oxygen atoms in total. The highest BCUT2D eigenvalue weighted by Crippen LogP contribution is 2.23. The van der Waals surface area contributed by atoms with Crippen LogP contribution in [0, 0.1) is 5.41 Å². The molecule has 0 unspecified atom stereocenters. The molecular weight excluding hydrogens is 1770 g/mol. The van der Waals surface area contributed by atoms with Crippen LogP contribution in [0.2, 0.25) is 0 Å². The smallest absolute Gasteiger partial charge is 0.242 e. The number of unbranched alkanes of at least 4 members (excludes halogenated alkanes) is 3. The van der Waals surface area contributed by atoms with Gasteiger partial charge < -0.3 is 97.3 Å². The number of ketones is 7. The SMILES string of the molecule is CC(=O)CCc1cn(CCCCC(=O)CN(C)C(=O)CN(C)C(=O)CCOCC(COCCC(=O)N(C)CC(=O)N(C)CC(=O)CCCCn2cc(CCC(C)=O)nn2)(COCCC(=O)N(C)CC(=O)N(C)CC(=O)NCCCn2cc(CCC(C)=O)nn2)COCCC(=O)N(C)CC(=O)N(C)CC(=O)N(C)CC(=O)N(C)CC(=O)N(C)CC(=O)CCCCn2cc(CCC(C)=O)nn2)nn1. The molecule has 47 heteroatoms. The second kappa shape index (κ2) is 62.4. The van der Waals surface area contributed by atoms with Gasteiger partial charge in [-0.1, -0.05) is 20.9 Å². The quantitative estimate of drug-likeness (QED) is 0.0498. The summed E-state index contributed by atoms with van der Waals surface area (Å²) in [5, 5.41) is 35.3. The van der Waals surface area contributed by atoms with Crippen molar-refractivity contribution in [2.75, 3.05) is 209 Å². The zero-order valence-electron chi connectivity index (χ0n) is 82.0. The van der Waals surface area contributed by atoms with E-state index < -0.39 is 122 Å². The fraction of sp³-hybridized carbons (Fsp3) is 0.697. The molecule has 4 heterocycles. The minimum Gasteiger partial charge on any atom is -0.380 e. The van der Waals surface area contributed by atoms with Crippen LogP contribution in [0.5, 0.6) is 0 Å². The van der Waals surface area contributed by atoms with Gasteiger partial charge in [-0.15, -0.1) is 20.4 Å². The van der Waals surface area contributed by atoms with Crippen LogP contribution in [0.1, 0.15) is 166 Å². The highest BCUT2D eigenvalue weighted by Gasteiger charge is 2.35. The lowest BCUT2D eigenvalue weighted by molar-refractivity contribution is -0.145. The van der Waals surface area contributed by atoms with Crippen LogP contribution < -0.4 is 5.32 Å². The van der Waals surface area contributed by atoms with Crippen LogP contribution >= 0.6 is 0 Å². The number of aryl methyl sites for hydroxylation is 8. The third-order valence-corrected chi connectivity index (χ3v) is 21.8. The van der Waals surface area contributed by atoms with Crippen LogP contribution in [-0.2, 0) is 162 Å². The summed E-state index contributed by atoms with van der Waals surface area (Å²) in [7, 11) is 15.3. The van der Waals surface area contributed by atoms with E-state index in [9.17, 15) is 91.1 Å². The third-order valence-electron chi connectivity index (χ3n) is 21.8. The van der Waals surface area contributed by atoms with Gasteiger partial charge in [0.15, 0.2) is 17.3 Å². The van der Waals surface area contributed by atoms with Crippen molar-refractivity contribution in [3.05, 3.63) is 47.6 Å². The van der Waals surface area contributed by atoms with Gasteiger partial charge in [0.25, 0.3) is 0 Å². The van der Waals surface area contributed by atoms with Gasteiger partial charge >= 0.3 is 0 Å². The fourth-order valence-corrected chi connectivity index (χ4v) is 13.1. The molecule has 0 saturated carbocycles. The molecule has 756 valence electrons. The van der Waals surface area contributed by atoms with E-state index in [-0.39, 0.29) is 171 Å². The predicted molar refractivity (Wildman–Crippen MR) is 488 cm³/mol. The molecule has 12 amide bonds. The maximum Gasteiger partial charge on any atom is 0.242 e. The summed E-state index contributed by atoms with van der Waals surface area (Å²) in [4.78, 5) is 259. The zero-order valence-corrected chi connectivity index (χ0v) is 82.0. The highest BCUT2D eigenvalue weighted by atomic mass is 16.5. The molecule has 4 aromatic rings. The first-order valence-corrected chi connectivity index (χ1v) is 45.7. The van der Waals surface area contributed by atoms with Crippen molar-refractivity contribution in [2.45, 2.75) is 195 Å². The molecule has 0 bridgehead atoms. The van der Waals surface area contributed by atoms with Crippen molar-refractivity contribution in [1.82, 2.24) is 119 Å². The van der Waals surface area contributed by atoms with Crippen molar-refractivity contribution >= 4 is 111 Å². The zero-order chi connectivity index (χ0) is 101. The number of hydrogen-bond donors (Lipinski definition) is 1. The normalized spacial score (nSPS) is 11.2. The summed E-state index contributed by atoms with van der Waals surface area (Å²) in [6.45, 7) is 1.75. The summed E-state index contributed by atoms with van der Waals surface area (Å²) in [6, 6.07) is 0. The Labute approximate surface area is 794 Å². The molecule has 1 N–H and O–H groups in total. The van der Waals surface area contributed by atoms with E-state index in [4.69, 9.17) is 18.9 Å². The number of carbonyl (C=O) groups excluding carboxylic acids is 19. The monoisotopic (exact) mass is 1920 g/mol. The van der Waals surface area contributed by atoms with Crippen molar-refractivity contribution in [1.29, 1.82) is 0 Å². The minimum atomic E-state index is -1.41. The maximum absolute atomic E-state index is 13.8. The van der Waals surface area contributed by atoms with Gasteiger partial charge in [0, 0.05) is 180 Å². The topological polar surface area (TPSA) is 532 Å². The molecule has 0 atom stereocenters. The molecule has 0 aromatic carbocycles. The van der Waals surface area contributed by atoms with E-state index in [2.05, 4.69) is 46.6 Å². The molecule has 0 spiro atoms. The molecule has 0 aliphatic carbocycles. The van der Waals surface area contributed by atoms with Crippen LogP contribution in [0.4, 0.5) is 0 Å². The number of aromatic nitrogens is 12. The largest absolute Gasteiger partial charge is 0.380 e. The number of carbonyl (C=O) groups is 19. The van der Waals surface area contributed by atoms with Crippen LogP contribution in [0.25, 0.3) is 0 Å². The van der Waals surface area contributed by atoms with E-state index in [1.54, 1.807) is 43.5 Å². The molecule has 0 radical (unpaired) electrons. The van der Waals surface area contributed by atoms with Gasteiger partial charge in [-0.3, -0.25) is 90.6 Å². The lowest BCUT2D eigenvalue weighted by Gasteiger charge is -2.33. The van der Waals surface area contributed by atoms with Crippen molar-refractivity contribution in [2.24, 2.45) is 5.41 Å². The van der Waals surface area contributed by atoms with Crippen molar-refractivity contribution < 1.29 is 110 Å². The lowest BCUT2D eigenvalue weighted by Crippen LogP contribution is -2.47. The van der Waals surface area contributed by atoms with E-state index in [1.807, 2.05) is 0 Å². The first-order valence-electron chi connectivity index (χ1n) is 45.7. The number of likely N-dealkylation sites (N-methyl/N-ethyl adjacent to an activating group) is 11. The van der Waals surface area contributed by atoms with Crippen molar-refractivity contribution in [3.63, 3.8) is 0 Å². The van der Waals surface area contributed by atoms with E-state index in [0.717, 1.165) is 29.4 Å². The highest BCUT2D eigenvalue weighted by molar-refractivity contribution is 5.94. The number of hydrogen-bond acceptors (Lipinski definition) is 31. The second-order valence-corrected chi connectivity index (χ2v) is 34.8. The summed E-state index contributed by atoms with van der Waals surface area (Å²) >= 11 is 0. The van der Waals surface area contributed by atoms with Gasteiger partial charge in [-0.25, -0.2) is 0 Å². The van der Waals surface area contributed by atoms with Crippen LogP contribution in [0.3, 0.4) is 0 Å². The van der Waals surface area contributed by atoms with E-state index >= 15 is 0 Å². The van der Waals surface area contributed by atoms with Gasteiger partial charge in [0.1, 0.15) is 23.1 Å². The first kappa shape index (κ1) is 116. The maximum atomic E-state index is 13.8. The Kier molecular flexibility index (Phi) is 53.2. The van der Waals surface area contributed by atoms with Crippen molar-refractivity contribution in [3.8, 4) is 0 Å². The average molecular weight is 1920 g/mol. The predicted octanol–water partition coefficient (Wildman–Crippen LogP) is -1.38. The molecule has 0 saturated heterocycles. The number of nitrogens with one attached hydrogen (secondary N) is 1. The fourth-order valence-electron chi connectivity index (χ4n) is 13.1. The summed E-state index contributed by atoms with van der Waals surface area (Å²) in [5.41, 5.74) is 1.32. The first-order chi connectivity index (χ1) is 64.4. The minimum absolute atomic E-state index is 0.0289. The van der Waals surface area contributed by atoms with Crippen LogP contribution in [-0.4, -0.2) is 434 Å². The van der Waals surface area contributed by atoms with E-state index in [0.29, 0.717) is 145 Å². The number of amides is 12. The molecule has 0 fully saturated rings. The number of ether oxygens (including phenoxy) is 4. The Hall–Kier alpha value is -12.3. The Balaban J connectivity index is 1.43. The Morgan fingerprint density at radius 1 is 0.265 bits per heavy atom. The average Bonchev–Trinajstić information content (AvgIpc) is 1.20. The molecule has 136 heavy (non-hydrogen) atoms. The summed E-state index contributed by atoms with van der Waals surface area (Å²) in [5.74, 6) is -7.11. The molecule has 0 aliphatic heterocycles. The third kappa shape index (κ3) is 48.3. The van der Waals surface area contributed by atoms with Crippen LogP contribution in [0.15, 0.2) is 24.8 Å². The Morgan fingerprint density at radius 3 is 0.699 bits per heavy atom. The van der Waals surface area contributed by atoms with E-state index in [1.165, 1.54) is 130 Å². The molecule has 4 aromatic heterocycles. The van der Waals surface area contributed by atoms with Gasteiger partial charge in [-0.2, -0.15) is 0 Å².